The molecule has 1 aromatic rings. The third-order valence-electron chi connectivity index (χ3n) is 6.67. The number of thioether (sulfide) groups is 1. The van der Waals surface area contributed by atoms with E-state index in [0.29, 0.717) is 17.3 Å². The number of halogens is 4. The second-order valence-corrected chi connectivity index (χ2v) is 9.30. The summed E-state index contributed by atoms with van der Waals surface area (Å²) in [5, 5.41) is 10.8. The number of aliphatic hydroxyl groups is 1. The van der Waals surface area contributed by atoms with Crippen molar-refractivity contribution >= 4 is 23.5 Å². The maximum absolute atomic E-state index is 14.0. The number of hydrogen-bond donors (Lipinski definition) is 1. The number of benzene rings is 1. The van der Waals surface area contributed by atoms with Gasteiger partial charge in [0, 0.05) is 36.0 Å². The van der Waals surface area contributed by atoms with Crippen LogP contribution in [0.1, 0.15) is 19.8 Å². The highest BCUT2D eigenvalue weighted by molar-refractivity contribution is 7.99. The Kier molecular flexibility index (Phi) is 5.47. The van der Waals surface area contributed by atoms with E-state index in [4.69, 9.17) is 4.74 Å². The number of carbonyl (C=O) groups is 2. The van der Waals surface area contributed by atoms with E-state index < -0.39 is 58.2 Å². The molecule has 0 amide bonds. The molecule has 7 atom stereocenters. The molecule has 1 N–H and O–H groups in total. The summed E-state index contributed by atoms with van der Waals surface area (Å²) in [5.41, 5.74) is 0.714. The first-order valence-electron chi connectivity index (χ1n) is 9.66. The molecular formula is C21H20F4O4S. The topological polar surface area (TPSA) is 63.6 Å². The lowest BCUT2D eigenvalue weighted by molar-refractivity contribution is -0.146. The average Bonchev–Trinajstić information content (AvgIpc) is 3.13. The molecule has 1 heterocycles. The molecule has 2 aliphatic carbocycles. The van der Waals surface area contributed by atoms with Gasteiger partial charge in [0.1, 0.15) is 11.9 Å². The molecule has 1 aliphatic heterocycles. The van der Waals surface area contributed by atoms with Gasteiger partial charge in [-0.2, -0.15) is 0 Å². The number of Topliss-reactive ketones (excluding diaryl/α,β-unsaturated/α-hetero) is 1. The molecule has 0 unspecified atom stereocenters. The summed E-state index contributed by atoms with van der Waals surface area (Å²) in [6.45, 7) is 5.76. The Hall–Kier alpha value is -1.87. The lowest BCUT2D eigenvalue weighted by atomic mass is 9.77. The minimum absolute atomic E-state index is 0.0366. The predicted octanol–water partition coefficient (Wildman–Crippen LogP) is 3.66. The van der Waals surface area contributed by atoms with Crippen molar-refractivity contribution in [3.05, 3.63) is 41.5 Å². The van der Waals surface area contributed by atoms with Crippen molar-refractivity contribution in [2.45, 2.75) is 36.9 Å². The lowest BCUT2D eigenvalue weighted by Crippen LogP contribution is -2.38. The number of esters is 1. The summed E-state index contributed by atoms with van der Waals surface area (Å²) >= 11 is 0.464. The smallest absolute Gasteiger partial charge is 0.310 e. The van der Waals surface area contributed by atoms with E-state index in [9.17, 15) is 32.3 Å². The minimum atomic E-state index is -1.54. The molecule has 162 valence electrons. The van der Waals surface area contributed by atoms with Crippen LogP contribution in [0.5, 0.6) is 0 Å². The first kappa shape index (κ1) is 21.4. The summed E-state index contributed by atoms with van der Waals surface area (Å²) in [5.74, 6) is -9.57. The fraction of sp³-hybridized carbons (Fsp3) is 0.524. The maximum atomic E-state index is 14.0. The van der Waals surface area contributed by atoms with E-state index in [-0.39, 0.29) is 48.2 Å². The van der Waals surface area contributed by atoms with Gasteiger partial charge in [-0.3, -0.25) is 9.59 Å². The Morgan fingerprint density at radius 1 is 1.13 bits per heavy atom. The molecule has 3 aliphatic rings. The number of rotatable bonds is 3. The molecule has 4 nitrogen and oxygen atoms in total. The number of ketones is 1. The second kappa shape index (κ2) is 7.67. The van der Waals surface area contributed by atoms with Gasteiger partial charge in [0.05, 0.1) is 16.9 Å². The zero-order chi connectivity index (χ0) is 21.9. The standard InChI is InChI=1S/C21H20F4O4S/c1-7-3-14(27)16-10(6-30-20-17(24)11(22)5-12(23)18(20)25)21(28)29-19(16)15-8(2)13(26)4-9(7)15/h5,8-10,14-16,19,27H,1,3-4,6H2,2H3/t8-,9+,10-,14+,15+,16-,19-/m1/s1. The summed E-state index contributed by atoms with van der Waals surface area (Å²) in [4.78, 5) is 24.0. The van der Waals surface area contributed by atoms with Crippen LogP contribution >= 0.6 is 11.8 Å². The van der Waals surface area contributed by atoms with E-state index in [1.54, 1.807) is 6.92 Å². The summed E-state index contributed by atoms with van der Waals surface area (Å²) in [7, 11) is 0. The number of hydrogen-bond acceptors (Lipinski definition) is 5. The Bertz CT molecular complexity index is 910. The minimum Gasteiger partial charge on any atom is -0.461 e. The van der Waals surface area contributed by atoms with Gasteiger partial charge in [-0.05, 0) is 12.3 Å². The molecule has 3 fully saturated rings. The monoisotopic (exact) mass is 444 g/mol. The van der Waals surface area contributed by atoms with Crippen LogP contribution in [0, 0.1) is 52.9 Å². The van der Waals surface area contributed by atoms with Crippen LogP contribution in [0.25, 0.3) is 0 Å². The Morgan fingerprint density at radius 2 is 1.77 bits per heavy atom. The zero-order valence-electron chi connectivity index (χ0n) is 16.0. The van der Waals surface area contributed by atoms with Gasteiger partial charge >= 0.3 is 5.97 Å². The van der Waals surface area contributed by atoms with Crippen LogP contribution in [-0.2, 0) is 14.3 Å². The molecule has 0 spiro atoms. The van der Waals surface area contributed by atoms with Crippen molar-refractivity contribution in [3.8, 4) is 0 Å². The van der Waals surface area contributed by atoms with Crippen molar-refractivity contribution in [1.82, 2.24) is 0 Å². The van der Waals surface area contributed by atoms with Gasteiger partial charge in [-0.25, -0.2) is 17.6 Å². The van der Waals surface area contributed by atoms with Crippen molar-refractivity contribution in [1.29, 1.82) is 0 Å². The summed E-state index contributed by atoms with van der Waals surface area (Å²) in [6.07, 6.45) is -1.28. The van der Waals surface area contributed by atoms with Crippen molar-refractivity contribution in [3.63, 3.8) is 0 Å². The number of ether oxygens (including phenoxy) is 1. The van der Waals surface area contributed by atoms with Crippen LogP contribution in [-0.4, -0.2) is 34.8 Å². The fourth-order valence-corrected chi connectivity index (χ4v) is 6.28. The molecule has 4 rings (SSSR count). The molecule has 0 aromatic heterocycles. The quantitative estimate of drug-likeness (QED) is 0.254. The van der Waals surface area contributed by atoms with Crippen LogP contribution < -0.4 is 0 Å². The summed E-state index contributed by atoms with van der Waals surface area (Å²) < 4.78 is 60.5. The molecule has 1 saturated heterocycles. The number of aliphatic hydroxyl groups excluding tert-OH is 1. The Balaban J connectivity index is 1.63. The molecule has 1 aromatic carbocycles. The highest BCUT2D eigenvalue weighted by atomic mass is 32.2. The first-order valence-corrected chi connectivity index (χ1v) is 10.6. The highest BCUT2D eigenvalue weighted by Gasteiger charge is 2.58. The van der Waals surface area contributed by atoms with Gasteiger partial charge < -0.3 is 9.84 Å². The van der Waals surface area contributed by atoms with E-state index >= 15 is 0 Å². The van der Waals surface area contributed by atoms with E-state index in [0.717, 1.165) is 0 Å². The van der Waals surface area contributed by atoms with Gasteiger partial charge in [0.15, 0.2) is 23.3 Å². The van der Waals surface area contributed by atoms with Gasteiger partial charge in [0.2, 0.25) is 0 Å². The van der Waals surface area contributed by atoms with Crippen molar-refractivity contribution in [2.75, 3.05) is 5.75 Å². The molecular weight excluding hydrogens is 424 g/mol. The Morgan fingerprint density at radius 3 is 2.40 bits per heavy atom. The van der Waals surface area contributed by atoms with Gasteiger partial charge in [0.25, 0.3) is 0 Å². The first-order chi connectivity index (χ1) is 14.1. The molecule has 0 bridgehead atoms. The van der Waals surface area contributed by atoms with Crippen LogP contribution in [0.3, 0.4) is 0 Å². The zero-order valence-corrected chi connectivity index (χ0v) is 16.9. The summed E-state index contributed by atoms with van der Waals surface area (Å²) in [6, 6.07) is 0.119. The van der Waals surface area contributed by atoms with E-state index in [2.05, 4.69) is 6.58 Å². The largest absolute Gasteiger partial charge is 0.461 e. The Labute approximate surface area is 174 Å². The fourth-order valence-electron chi connectivity index (χ4n) is 5.13. The SMILES string of the molecule is C=C1C[C@H](O)[C@@H]2[C@H](OC(=O)[C@@H]2CSc2c(F)c(F)cc(F)c2F)[C@H]2[C@H](C)C(=O)C[C@@H]12. The van der Waals surface area contributed by atoms with E-state index in [1.807, 2.05) is 0 Å². The molecule has 0 radical (unpaired) electrons. The number of carbonyl (C=O) groups excluding carboxylic acids is 2. The van der Waals surface area contributed by atoms with Crippen LogP contribution in [0.4, 0.5) is 17.6 Å². The third kappa shape index (κ3) is 3.26. The van der Waals surface area contributed by atoms with Crippen LogP contribution in [0.15, 0.2) is 23.1 Å². The van der Waals surface area contributed by atoms with Crippen molar-refractivity contribution < 1.29 is 37.0 Å². The number of fused-ring (bicyclic) bond motifs is 3. The molecule has 9 heteroatoms. The van der Waals surface area contributed by atoms with Crippen LogP contribution in [0.2, 0.25) is 0 Å². The molecule has 2 saturated carbocycles. The van der Waals surface area contributed by atoms with E-state index in [1.165, 1.54) is 0 Å². The second-order valence-electron chi connectivity index (χ2n) is 8.27. The maximum Gasteiger partial charge on any atom is 0.310 e. The normalized spacial score (nSPS) is 35.8. The lowest BCUT2D eigenvalue weighted by Gasteiger charge is -2.29. The predicted molar refractivity (Wildman–Crippen MR) is 99.4 cm³/mol. The third-order valence-corrected chi connectivity index (χ3v) is 7.84. The highest BCUT2D eigenvalue weighted by Crippen LogP contribution is 2.52. The average molecular weight is 444 g/mol. The van der Waals surface area contributed by atoms with Gasteiger partial charge in [-0.15, -0.1) is 11.8 Å². The van der Waals surface area contributed by atoms with Gasteiger partial charge in [-0.1, -0.05) is 19.1 Å². The van der Waals surface area contributed by atoms with Crippen molar-refractivity contribution in [2.24, 2.45) is 29.6 Å². The molecule has 30 heavy (non-hydrogen) atoms.